The molecular weight excluding hydrogens is 520 g/mol. The maximum Gasteiger partial charge on any atom is 0.294 e. The molecule has 38 heavy (non-hydrogen) atoms. The number of anilines is 1. The number of rotatable bonds is 7. The van der Waals surface area contributed by atoms with Crippen molar-refractivity contribution >= 4 is 39.9 Å². The Labute approximate surface area is 220 Å². The van der Waals surface area contributed by atoms with Gasteiger partial charge in [-0.15, -0.1) is 0 Å². The van der Waals surface area contributed by atoms with E-state index in [1.807, 2.05) is 0 Å². The summed E-state index contributed by atoms with van der Waals surface area (Å²) in [5.74, 6) is -4.12. The van der Waals surface area contributed by atoms with Gasteiger partial charge in [-0.1, -0.05) is 17.7 Å². The summed E-state index contributed by atoms with van der Waals surface area (Å²) >= 11 is 6.05. The molecule has 7 nitrogen and oxygen atoms in total. The van der Waals surface area contributed by atoms with E-state index in [0.29, 0.717) is 39.1 Å². The van der Waals surface area contributed by atoms with Crippen molar-refractivity contribution in [2.45, 2.75) is 13.0 Å². The minimum absolute atomic E-state index is 0.165. The lowest BCUT2D eigenvalue weighted by Crippen LogP contribution is -2.32. The average Bonchev–Trinajstić information content (AvgIpc) is 3.42. The summed E-state index contributed by atoms with van der Waals surface area (Å²) in [6, 6.07) is 12.2. The van der Waals surface area contributed by atoms with E-state index in [1.165, 1.54) is 19.2 Å². The molecule has 194 valence electrons. The Balaban J connectivity index is 1.69. The van der Waals surface area contributed by atoms with E-state index in [9.17, 15) is 23.5 Å². The van der Waals surface area contributed by atoms with Crippen LogP contribution in [0.1, 0.15) is 29.1 Å². The van der Waals surface area contributed by atoms with Crippen molar-refractivity contribution in [3.63, 3.8) is 0 Å². The SMILES string of the molecule is CCOc1cc(C2C(C(=O)c3cc4cc(Cl)ccc4o3)=C(O)C(=O)N2c2ccc(F)cc2F)ccc1OC. The van der Waals surface area contributed by atoms with Gasteiger partial charge in [-0.2, -0.15) is 0 Å². The number of nitrogens with zero attached hydrogens (tertiary/aromatic N) is 1. The van der Waals surface area contributed by atoms with Crippen molar-refractivity contribution in [2.75, 3.05) is 18.6 Å². The molecule has 0 saturated carbocycles. The Bertz CT molecular complexity index is 1630. The Morgan fingerprint density at radius 3 is 2.58 bits per heavy atom. The molecule has 0 spiro atoms. The van der Waals surface area contributed by atoms with Crippen LogP contribution in [0, 0.1) is 11.6 Å². The van der Waals surface area contributed by atoms with E-state index in [0.717, 1.165) is 17.0 Å². The number of aliphatic hydroxyl groups excluding tert-OH is 1. The molecule has 0 saturated heterocycles. The summed E-state index contributed by atoms with van der Waals surface area (Å²) < 4.78 is 45.3. The molecule has 1 unspecified atom stereocenters. The number of hydrogen-bond acceptors (Lipinski definition) is 6. The Kier molecular flexibility index (Phi) is 6.54. The highest BCUT2D eigenvalue weighted by molar-refractivity contribution is 6.31. The zero-order valence-electron chi connectivity index (χ0n) is 20.1. The summed E-state index contributed by atoms with van der Waals surface area (Å²) in [6.45, 7) is 2.05. The number of ether oxygens (including phenoxy) is 2. The number of furan rings is 1. The van der Waals surface area contributed by atoms with E-state index >= 15 is 0 Å². The van der Waals surface area contributed by atoms with E-state index < -0.39 is 35.1 Å². The largest absolute Gasteiger partial charge is 0.503 e. The van der Waals surface area contributed by atoms with Crippen molar-refractivity contribution in [3.8, 4) is 11.5 Å². The number of benzene rings is 3. The maximum atomic E-state index is 14.9. The molecule has 10 heteroatoms. The highest BCUT2D eigenvalue weighted by Gasteiger charge is 2.46. The van der Waals surface area contributed by atoms with Gasteiger partial charge in [0, 0.05) is 16.5 Å². The van der Waals surface area contributed by atoms with E-state index in [4.69, 9.17) is 25.5 Å². The number of amides is 1. The zero-order chi connectivity index (χ0) is 27.1. The van der Waals surface area contributed by atoms with Crippen molar-refractivity contribution in [3.05, 3.63) is 100.0 Å². The number of fused-ring (bicyclic) bond motifs is 1. The molecule has 1 atom stereocenters. The number of hydrogen-bond donors (Lipinski definition) is 1. The number of carbonyl (C=O) groups is 2. The molecule has 0 radical (unpaired) electrons. The molecule has 0 fully saturated rings. The van der Waals surface area contributed by atoms with Crippen LogP contribution in [0.2, 0.25) is 5.02 Å². The van der Waals surface area contributed by atoms with Crippen LogP contribution < -0.4 is 14.4 Å². The standard InChI is InChI=1S/C28H20ClF2NO6/c1-3-37-22-11-14(4-8-21(22)36-2)25-24(26(33)23-12-15-10-16(29)5-9-20(15)38-23)27(34)28(35)32(25)19-7-6-17(30)13-18(19)31/h4-13,25,34H,3H2,1-2H3. The van der Waals surface area contributed by atoms with E-state index in [2.05, 4.69) is 0 Å². The summed E-state index contributed by atoms with van der Waals surface area (Å²) in [4.78, 5) is 28.0. The molecule has 4 aromatic rings. The fourth-order valence-corrected chi connectivity index (χ4v) is 4.65. The Morgan fingerprint density at radius 2 is 1.87 bits per heavy atom. The van der Waals surface area contributed by atoms with Crippen molar-refractivity contribution < 1.29 is 37.4 Å². The number of carbonyl (C=O) groups excluding carboxylic acids is 2. The van der Waals surface area contributed by atoms with Crippen LogP contribution in [-0.4, -0.2) is 30.5 Å². The van der Waals surface area contributed by atoms with Crippen LogP contribution in [0.5, 0.6) is 11.5 Å². The quantitative estimate of drug-likeness (QED) is 0.268. The normalized spacial score (nSPS) is 15.4. The summed E-state index contributed by atoms with van der Waals surface area (Å²) in [5.41, 5.74) is -0.0153. The number of halogens is 3. The first-order chi connectivity index (χ1) is 18.2. The predicted molar refractivity (Wildman–Crippen MR) is 136 cm³/mol. The first-order valence-electron chi connectivity index (χ1n) is 11.5. The molecule has 1 N–H and O–H groups in total. The summed E-state index contributed by atoms with van der Waals surface area (Å²) in [6.07, 6.45) is 0. The molecule has 1 amide bonds. The maximum absolute atomic E-state index is 14.9. The van der Waals surface area contributed by atoms with Crippen LogP contribution in [0.3, 0.4) is 0 Å². The Hall–Kier alpha value is -4.37. The van der Waals surface area contributed by atoms with Crippen LogP contribution >= 0.6 is 11.6 Å². The second-order valence-corrected chi connectivity index (χ2v) is 8.84. The van der Waals surface area contributed by atoms with Crippen molar-refractivity contribution in [2.24, 2.45) is 0 Å². The molecule has 1 aromatic heterocycles. The number of Topliss-reactive ketones (excluding diaryl/α,β-unsaturated/α-hetero) is 1. The second kappa shape index (κ2) is 9.83. The fraction of sp³-hybridized carbons (Fsp3) is 0.143. The highest BCUT2D eigenvalue weighted by atomic mass is 35.5. The van der Waals surface area contributed by atoms with Gasteiger partial charge in [0.25, 0.3) is 5.91 Å². The number of aliphatic hydroxyl groups is 1. The first kappa shape index (κ1) is 25.3. The minimum atomic E-state index is -1.31. The van der Waals surface area contributed by atoms with Crippen LogP contribution in [0.15, 0.2) is 76.4 Å². The topological polar surface area (TPSA) is 89.2 Å². The molecule has 1 aliphatic rings. The molecule has 0 aliphatic carbocycles. The molecule has 3 aromatic carbocycles. The molecule has 1 aliphatic heterocycles. The van der Waals surface area contributed by atoms with E-state index in [1.54, 1.807) is 37.3 Å². The third-order valence-electron chi connectivity index (χ3n) is 6.13. The van der Waals surface area contributed by atoms with Gasteiger partial charge in [0.2, 0.25) is 5.78 Å². The number of ketones is 1. The number of methoxy groups -OCH3 is 1. The third-order valence-corrected chi connectivity index (χ3v) is 6.36. The van der Waals surface area contributed by atoms with Gasteiger partial charge in [0.15, 0.2) is 23.0 Å². The highest BCUT2D eigenvalue weighted by Crippen LogP contribution is 2.45. The van der Waals surface area contributed by atoms with Crippen LogP contribution in [0.4, 0.5) is 14.5 Å². The van der Waals surface area contributed by atoms with Crippen molar-refractivity contribution in [1.29, 1.82) is 0 Å². The minimum Gasteiger partial charge on any atom is -0.503 e. The summed E-state index contributed by atoms with van der Waals surface area (Å²) in [7, 11) is 1.45. The second-order valence-electron chi connectivity index (χ2n) is 8.40. The average molecular weight is 540 g/mol. The monoisotopic (exact) mass is 539 g/mol. The zero-order valence-corrected chi connectivity index (χ0v) is 20.9. The lowest BCUT2D eigenvalue weighted by atomic mass is 9.94. The molecule has 5 rings (SSSR count). The van der Waals surface area contributed by atoms with Gasteiger partial charge in [0.1, 0.15) is 17.2 Å². The van der Waals surface area contributed by atoms with Crippen LogP contribution in [-0.2, 0) is 4.79 Å². The fourth-order valence-electron chi connectivity index (χ4n) is 4.47. The molecule has 2 heterocycles. The predicted octanol–water partition coefficient (Wildman–Crippen LogP) is 6.55. The van der Waals surface area contributed by atoms with Gasteiger partial charge in [-0.3, -0.25) is 14.5 Å². The van der Waals surface area contributed by atoms with Gasteiger partial charge in [-0.05, 0) is 61.0 Å². The lowest BCUT2D eigenvalue weighted by molar-refractivity contribution is -0.117. The van der Waals surface area contributed by atoms with E-state index in [-0.39, 0.29) is 23.6 Å². The lowest BCUT2D eigenvalue weighted by Gasteiger charge is -2.27. The van der Waals surface area contributed by atoms with Gasteiger partial charge in [-0.25, -0.2) is 8.78 Å². The van der Waals surface area contributed by atoms with Gasteiger partial charge >= 0.3 is 0 Å². The Morgan fingerprint density at radius 1 is 1.08 bits per heavy atom. The van der Waals surface area contributed by atoms with Gasteiger partial charge in [0.05, 0.1) is 31.0 Å². The summed E-state index contributed by atoms with van der Waals surface area (Å²) in [5, 5.41) is 11.9. The van der Waals surface area contributed by atoms with Crippen molar-refractivity contribution in [1.82, 2.24) is 0 Å². The van der Waals surface area contributed by atoms with Crippen LogP contribution in [0.25, 0.3) is 11.0 Å². The van der Waals surface area contributed by atoms with Gasteiger partial charge < -0.3 is 19.0 Å². The first-order valence-corrected chi connectivity index (χ1v) is 11.9. The molecular formula is C28H20ClF2NO6. The molecule has 0 bridgehead atoms. The smallest absolute Gasteiger partial charge is 0.294 e. The third kappa shape index (κ3) is 4.24.